The third-order valence-corrected chi connectivity index (χ3v) is 4.73. The van der Waals surface area contributed by atoms with E-state index in [0.717, 1.165) is 34.6 Å². The highest BCUT2D eigenvalue weighted by Gasteiger charge is 2.28. The molecule has 1 aliphatic carbocycles. The van der Waals surface area contributed by atoms with E-state index in [4.69, 9.17) is 14.9 Å². The minimum atomic E-state index is -0.204. The molecule has 0 aliphatic heterocycles. The second-order valence-corrected chi connectivity index (χ2v) is 6.10. The number of aliphatic hydroxyl groups is 1. The van der Waals surface area contributed by atoms with E-state index in [1.807, 2.05) is 18.2 Å². The number of rotatable bonds is 3. The summed E-state index contributed by atoms with van der Waals surface area (Å²) in [4.78, 5) is 4.52. The third-order valence-electron chi connectivity index (χ3n) is 4.73. The molecular weight excluding hydrogens is 330 g/mol. The molecule has 0 saturated carbocycles. The number of nitriles is 1. The first kappa shape index (κ1) is 16.2. The molecule has 6 nitrogen and oxygen atoms in total. The molecule has 130 valence electrons. The van der Waals surface area contributed by atoms with E-state index in [-0.39, 0.29) is 12.4 Å². The molecule has 0 unspecified atom stereocenters. The van der Waals surface area contributed by atoms with Gasteiger partial charge in [-0.05, 0) is 36.6 Å². The molecule has 3 aromatic rings. The summed E-state index contributed by atoms with van der Waals surface area (Å²) in [5.74, 6) is 1.94. The fourth-order valence-electron chi connectivity index (χ4n) is 3.58. The molecular formula is C20H17N3O3. The SMILES string of the molecule is COc1cccc2c1CCc1c-2nc(N)c(C#N)c1-c1ccc(CO)o1. The number of anilines is 1. The monoisotopic (exact) mass is 347 g/mol. The Labute approximate surface area is 150 Å². The van der Waals surface area contributed by atoms with Gasteiger partial charge in [-0.3, -0.25) is 0 Å². The maximum atomic E-state index is 9.62. The van der Waals surface area contributed by atoms with Gasteiger partial charge in [0.2, 0.25) is 0 Å². The lowest BCUT2D eigenvalue weighted by molar-refractivity contribution is 0.248. The highest BCUT2D eigenvalue weighted by atomic mass is 16.5. The quantitative estimate of drug-likeness (QED) is 0.754. The van der Waals surface area contributed by atoms with E-state index in [1.165, 1.54) is 0 Å². The molecule has 1 aromatic carbocycles. The van der Waals surface area contributed by atoms with Crippen molar-refractivity contribution in [2.45, 2.75) is 19.4 Å². The van der Waals surface area contributed by atoms with Gasteiger partial charge in [-0.25, -0.2) is 4.98 Å². The third kappa shape index (κ3) is 2.33. The van der Waals surface area contributed by atoms with Gasteiger partial charge >= 0.3 is 0 Å². The first-order valence-electron chi connectivity index (χ1n) is 8.26. The van der Waals surface area contributed by atoms with Crippen molar-refractivity contribution in [1.82, 2.24) is 4.98 Å². The smallest absolute Gasteiger partial charge is 0.142 e. The van der Waals surface area contributed by atoms with Crippen molar-refractivity contribution >= 4 is 5.82 Å². The summed E-state index contributed by atoms with van der Waals surface area (Å²) in [6.07, 6.45) is 1.46. The van der Waals surface area contributed by atoms with Crippen LogP contribution in [0.1, 0.15) is 22.5 Å². The molecule has 2 heterocycles. The largest absolute Gasteiger partial charge is 0.496 e. The number of nitrogens with zero attached hydrogens (tertiary/aromatic N) is 2. The Bertz CT molecular complexity index is 1050. The summed E-state index contributed by atoms with van der Waals surface area (Å²) in [5.41, 5.74) is 10.8. The van der Waals surface area contributed by atoms with Crippen LogP contribution in [0.25, 0.3) is 22.6 Å². The van der Waals surface area contributed by atoms with E-state index in [1.54, 1.807) is 19.2 Å². The number of aliphatic hydroxyl groups excluding tert-OH is 1. The highest BCUT2D eigenvalue weighted by molar-refractivity contribution is 5.85. The van der Waals surface area contributed by atoms with Crippen LogP contribution in [-0.4, -0.2) is 17.2 Å². The number of aromatic nitrogens is 1. The van der Waals surface area contributed by atoms with E-state index < -0.39 is 0 Å². The van der Waals surface area contributed by atoms with Crippen LogP contribution in [0.15, 0.2) is 34.7 Å². The van der Waals surface area contributed by atoms with Gasteiger partial charge in [0.15, 0.2) is 0 Å². The van der Waals surface area contributed by atoms with Crippen molar-refractivity contribution in [3.63, 3.8) is 0 Å². The predicted octanol–water partition coefficient (Wildman–Crippen LogP) is 3.06. The minimum absolute atomic E-state index is 0.166. The molecule has 6 heteroatoms. The number of hydrogen-bond donors (Lipinski definition) is 2. The molecule has 0 bridgehead atoms. The summed E-state index contributed by atoms with van der Waals surface area (Å²) in [6.45, 7) is -0.204. The molecule has 1 aliphatic rings. The van der Waals surface area contributed by atoms with E-state index in [9.17, 15) is 10.4 Å². The summed E-state index contributed by atoms with van der Waals surface area (Å²) in [6, 6.07) is 11.4. The van der Waals surface area contributed by atoms with Crippen molar-refractivity contribution in [2.24, 2.45) is 0 Å². The van der Waals surface area contributed by atoms with Crippen LogP contribution < -0.4 is 10.5 Å². The second-order valence-electron chi connectivity index (χ2n) is 6.10. The van der Waals surface area contributed by atoms with Gasteiger partial charge in [0, 0.05) is 16.7 Å². The molecule has 0 fully saturated rings. The molecule has 0 amide bonds. The van der Waals surface area contributed by atoms with Gasteiger partial charge in [-0.1, -0.05) is 12.1 Å². The van der Waals surface area contributed by atoms with Gasteiger partial charge in [0.05, 0.1) is 12.8 Å². The van der Waals surface area contributed by atoms with E-state index in [0.29, 0.717) is 29.1 Å². The molecule has 26 heavy (non-hydrogen) atoms. The molecule has 2 aromatic heterocycles. The van der Waals surface area contributed by atoms with E-state index >= 15 is 0 Å². The zero-order valence-electron chi connectivity index (χ0n) is 14.2. The first-order chi connectivity index (χ1) is 12.7. The van der Waals surface area contributed by atoms with Crippen LogP contribution in [0.5, 0.6) is 5.75 Å². The van der Waals surface area contributed by atoms with Crippen LogP contribution in [0.4, 0.5) is 5.82 Å². The summed E-state index contributed by atoms with van der Waals surface area (Å²) in [7, 11) is 1.65. The lowest BCUT2D eigenvalue weighted by Crippen LogP contribution is -2.12. The van der Waals surface area contributed by atoms with Gasteiger partial charge < -0.3 is 20.0 Å². The molecule has 0 saturated heterocycles. The van der Waals surface area contributed by atoms with Crippen LogP contribution >= 0.6 is 0 Å². The number of benzene rings is 1. The lowest BCUT2D eigenvalue weighted by atomic mass is 9.84. The van der Waals surface area contributed by atoms with Gasteiger partial charge in [0.25, 0.3) is 0 Å². The maximum Gasteiger partial charge on any atom is 0.142 e. The van der Waals surface area contributed by atoms with Gasteiger partial charge in [-0.2, -0.15) is 5.26 Å². The standard InChI is InChI=1S/C20H17N3O3/c1-25-16-4-2-3-13-12(16)6-7-14-18(17-8-5-11(10-24)26-17)15(9-21)20(22)23-19(13)14/h2-5,8,24H,6-7,10H2,1H3,(H2,22,23). The van der Waals surface area contributed by atoms with Gasteiger partial charge in [0.1, 0.15) is 41.3 Å². The average molecular weight is 347 g/mol. The van der Waals surface area contributed by atoms with Crippen molar-refractivity contribution in [3.05, 3.63) is 52.8 Å². The number of nitrogen functional groups attached to an aromatic ring is 1. The number of nitrogens with two attached hydrogens (primary N) is 1. The van der Waals surface area contributed by atoms with Crippen molar-refractivity contribution in [1.29, 1.82) is 5.26 Å². The number of hydrogen-bond acceptors (Lipinski definition) is 6. The fourth-order valence-corrected chi connectivity index (χ4v) is 3.58. The zero-order chi connectivity index (χ0) is 18.3. The Morgan fingerprint density at radius 3 is 2.77 bits per heavy atom. The summed E-state index contributed by atoms with van der Waals surface area (Å²) >= 11 is 0. The van der Waals surface area contributed by atoms with Crippen molar-refractivity contribution < 1.29 is 14.3 Å². The first-order valence-corrected chi connectivity index (χ1v) is 8.26. The number of fused-ring (bicyclic) bond motifs is 3. The van der Waals surface area contributed by atoms with E-state index in [2.05, 4.69) is 11.1 Å². The Balaban J connectivity index is 2.02. The fraction of sp³-hybridized carbons (Fsp3) is 0.200. The molecule has 0 radical (unpaired) electrons. The van der Waals surface area contributed by atoms with Crippen LogP contribution in [0.3, 0.4) is 0 Å². The molecule has 0 spiro atoms. The van der Waals surface area contributed by atoms with Gasteiger partial charge in [-0.15, -0.1) is 0 Å². The lowest BCUT2D eigenvalue weighted by Gasteiger charge is -2.24. The highest BCUT2D eigenvalue weighted by Crippen LogP contribution is 2.43. The Hall–Kier alpha value is -3.30. The summed E-state index contributed by atoms with van der Waals surface area (Å²) < 4.78 is 11.2. The second kappa shape index (κ2) is 6.21. The zero-order valence-corrected chi connectivity index (χ0v) is 14.2. The maximum absolute atomic E-state index is 9.62. The topological polar surface area (TPSA) is 105 Å². The van der Waals surface area contributed by atoms with Crippen LogP contribution in [0, 0.1) is 11.3 Å². The number of ether oxygens (including phenoxy) is 1. The van der Waals surface area contributed by atoms with Crippen LogP contribution in [-0.2, 0) is 19.4 Å². The number of methoxy groups -OCH3 is 1. The molecule has 4 rings (SSSR count). The number of pyridine rings is 1. The Morgan fingerprint density at radius 1 is 1.27 bits per heavy atom. The molecule has 0 atom stereocenters. The number of furan rings is 1. The minimum Gasteiger partial charge on any atom is -0.496 e. The Kier molecular flexibility index (Phi) is 3.86. The predicted molar refractivity (Wildman–Crippen MR) is 96.4 cm³/mol. The van der Waals surface area contributed by atoms with Crippen molar-refractivity contribution in [2.75, 3.05) is 12.8 Å². The molecule has 3 N–H and O–H groups in total. The van der Waals surface area contributed by atoms with Crippen molar-refractivity contribution in [3.8, 4) is 34.4 Å². The average Bonchev–Trinajstić information content (AvgIpc) is 3.15. The normalized spacial score (nSPS) is 12.2. The Morgan fingerprint density at radius 2 is 2.08 bits per heavy atom. The van der Waals surface area contributed by atoms with Crippen LogP contribution in [0.2, 0.25) is 0 Å². The summed E-state index contributed by atoms with van der Waals surface area (Å²) in [5, 5.41) is 18.9.